The van der Waals surface area contributed by atoms with Gasteiger partial charge in [0, 0.05) is 23.4 Å². The number of aromatic nitrogens is 2. The molecule has 0 aliphatic carbocycles. The molecule has 0 aromatic carbocycles. The van der Waals surface area contributed by atoms with Crippen molar-refractivity contribution in [2.75, 3.05) is 12.3 Å². The molecule has 6 heteroatoms. The van der Waals surface area contributed by atoms with Gasteiger partial charge in [-0.25, -0.2) is 14.4 Å². The van der Waals surface area contributed by atoms with E-state index in [2.05, 4.69) is 23.8 Å². The number of nitrogen functional groups attached to an aromatic ring is 1. The summed E-state index contributed by atoms with van der Waals surface area (Å²) in [4.78, 5) is 8.23. The molecule has 0 spiro atoms. The average Bonchev–Trinajstić information content (AvgIpc) is 2.46. The van der Waals surface area contributed by atoms with Gasteiger partial charge in [0.2, 0.25) is 0 Å². The summed E-state index contributed by atoms with van der Waals surface area (Å²) in [5.41, 5.74) is 12.8. The maximum absolute atomic E-state index is 14.4. The number of ether oxygens (including phenoxy) is 1. The zero-order valence-corrected chi connectivity index (χ0v) is 14.6. The number of nitrogens with two attached hydrogens (primary N) is 2. The van der Waals surface area contributed by atoms with Crippen LogP contribution < -0.4 is 16.2 Å². The summed E-state index contributed by atoms with van der Waals surface area (Å²) >= 11 is 0. The predicted octanol–water partition coefficient (Wildman–Crippen LogP) is 3.32. The van der Waals surface area contributed by atoms with Gasteiger partial charge in [-0.05, 0) is 38.3 Å². The number of hydrogen-bond donors (Lipinski definition) is 2. The molecule has 2 aromatic rings. The minimum absolute atomic E-state index is 0.228. The number of hydrogen-bond acceptors (Lipinski definition) is 5. The van der Waals surface area contributed by atoms with Crippen molar-refractivity contribution < 1.29 is 9.13 Å². The van der Waals surface area contributed by atoms with Gasteiger partial charge in [-0.1, -0.05) is 13.8 Å². The third kappa shape index (κ3) is 4.64. The molecule has 0 saturated heterocycles. The van der Waals surface area contributed by atoms with Gasteiger partial charge in [0.25, 0.3) is 0 Å². The van der Waals surface area contributed by atoms with Gasteiger partial charge >= 0.3 is 0 Å². The third-order valence-corrected chi connectivity index (χ3v) is 3.61. The summed E-state index contributed by atoms with van der Waals surface area (Å²) in [6, 6.07) is 4.60. The minimum Gasteiger partial charge on any atom is -0.490 e. The third-order valence-electron chi connectivity index (χ3n) is 3.61. The van der Waals surface area contributed by atoms with Crippen molar-refractivity contribution in [2.24, 2.45) is 11.7 Å². The highest BCUT2D eigenvalue weighted by atomic mass is 19.1. The normalized spacial score (nSPS) is 13.8. The van der Waals surface area contributed by atoms with Crippen LogP contribution >= 0.6 is 0 Å². The maximum atomic E-state index is 14.4. The highest BCUT2D eigenvalue weighted by molar-refractivity contribution is 5.63. The van der Waals surface area contributed by atoms with E-state index >= 15 is 0 Å². The summed E-state index contributed by atoms with van der Waals surface area (Å²) < 4.78 is 20.2. The second-order valence-electron chi connectivity index (χ2n) is 6.91. The number of aryl methyl sites for hydroxylation is 1. The molecule has 1 atom stereocenters. The molecule has 130 valence electrons. The lowest BCUT2D eigenvalue weighted by molar-refractivity contribution is 0.204. The zero-order valence-electron chi connectivity index (χ0n) is 14.6. The van der Waals surface area contributed by atoms with Crippen molar-refractivity contribution in [1.29, 1.82) is 0 Å². The van der Waals surface area contributed by atoms with Crippen LogP contribution in [0.5, 0.6) is 5.75 Å². The summed E-state index contributed by atoms with van der Waals surface area (Å²) in [6.45, 7) is 8.22. The molecule has 0 amide bonds. The van der Waals surface area contributed by atoms with Crippen LogP contribution in [0.25, 0.3) is 11.3 Å². The lowest BCUT2D eigenvalue weighted by atomic mass is 9.93. The summed E-state index contributed by atoms with van der Waals surface area (Å²) in [5, 5.41) is 0. The van der Waals surface area contributed by atoms with Crippen LogP contribution in [0.15, 0.2) is 24.4 Å². The summed E-state index contributed by atoms with van der Waals surface area (Å²) in [5.74, 6) is 0.709. The highest BCUT2D eigenvalue weighted by Crippen LogP contribution is 2.27. The first-order chi connectivity index (χ1) is 11.2. The largest absolute Gasteiger partial charge is 0.490 e. The molecule has 0 aliphatic heterocycles. The van der Waals surface area contributed by atoms with Crippen molar-refractivity contribution in [3.63, 3.8) is 0 Å². The van der Waals surface area contributed by atoms with Crippen LogP contribution in [0.1, 0.15) is 32.9 Å². The van der Waals surface area contributed by atoms with Crippen LogP contribution in [0.2, 0.25) is 0 Å². The molecule has 0 fully saturated rings. The molecule has 4 N–H and O–H groups in total. The molecular weight excluding hydrogens is 307 g/mol. The van der Waals surface area contributed by atoms with E-state index in [0.717, 1.165) is 6.42 Å². The molecule has 0 bridgehead atoms. The maximum Gasteiger partial charge on any atom is 0.153 e. The Morgan fingerprint density at radius 2 is 2.04 bits per heavy atom. The van der Waals surface area contributed by atoms with Gasteiger partial charge in [0.05, 0.1) is 5.69 Å². The molecule has 0 saturated carbocycles. The standard InChI is InChI=1S/C18H25FN4O/c1-11(2)9-18(4,21)10-24-15-8-14(19)17(23-12(15)3)13-5-6-22-16(20)7-13/h5-8,11H,9-10,21H2,1-4H3,(H2,20,22)/t18-/m0/s1. The molecule has 2 heterocycles. The van der Waals surface area contributed by atoms with Crippen LogP contribution in [-0.2, 0) is 0 Å². The fraction of sp³-hybridized carbons (Fsp3) is 0.444. The first-order valence-electron chi connectivity index (χ1n) is 7.98. The van der Waals surface area contributed by atoms with E-state index in [9.17, 15) is 4.39 Å². The van der Waals surface area contributed by atoms with E-state index in [0.29, 0.717) is 35.3 Å². The summed E-state index contributed by atoms with van der Waals surface area (Å²) in [6.07, 6.45) is 2.34. The van der Waals surface area contributed by atoms with Gasteiger partial charge in [0.1, 0.15) is 23.9 Å². The van der Waals surface area contributed by atoms with E-state index in [4.69, 9.17) is 16.2 Å². The quantitative estimate of drug-likeness (QED) is 0.847. The monoisotopic (exact) mass is 332 g/mol. The van der Waals surface area contributed by atoms with E-state index in [1.165, 1.54) is 12.3 Å². The Morgan fingerprint density at radius 1 is 1.33 bits per heavy atom. The average molecular weight is 332 g/mol. The van der Waals surface area contributed by atoms with E-state index < -0.39 is 11.4 Å². The SMILES string of the molecule is Cc1nc(-c2ccnc(N)c2)c(F)cc1OC[C@@](C)(N)CC(C)C. The molecule has 24 heavy (non-hydrogen) atoms. The fourth-order valence-corrected chi connectivity index (χ4v) is 2.74. The highest BCUT2D eigenvalue weighted by Gasteiger charge is 2.22. The lowest BCUT2D eigenvalue weighted by Gasteiger charge is -2.27. The number of halogens is 1. The smallest absolute Gasteiger partial charge is 0.153 e. The molecule has 5 nitrogen and oxygen atoms in total. The van der Waals surface area contributed by atoms with Gasteiger partial charge in [-0.15, -0.1) is 0 Å². The second kappa shape index (κ2) is 7.13. The van der Waals surface area contributed by atoms with Crippen molar-refractivity contribution in [3.05, 3.63) is 35.9 Å². The lowest BCUT2D eigenvalue weighted by Crippen LogP contribution is -2.43. The Hall–Kier alpha value is -2.21. The topological polar surface area (TPSA) is 87.0 Å². The fourth-order valence-electron chi connectivity index (χ4n) is 2.74. The Labute approximate surface area is 142 Å². The molecule has 2 aromatic heterocycles. The van der Waals surface area contributed by atoms with Gasteiger partial charge in [0.15, 0.2) is 5.82 Å². The Bertz CT molecular complexity index is 716. The van der Waals surface area contributed by atoms with Crippen LogP contribution in [-0.4, -0.2) is 22.1 Å². The van der Waals surface area contributed by atoms with Crippen LogP contribution in [0, 0.1) is 18.7 Å². The molecular formula is C18H25FN4O. The Balaban J connectivity index is 2.21. The molecule has 0 aliphatic rings. The van der Waals surface area contributed by atoms with Crippen LogP contribution in [0.3, 0.4) is 0 Å². The minimum atomic E-state index is -0.477. The van der Waals surface area contributed by atoms with Crippen LogP contribution in [0.4, 0.5) is 10.2 Å². The number of anilines is 1. The summed E-state index contributed by atoms with van der Waals surface area (Å²) in [7, 11) is 0. The van der Waals surface area contributed by atoms with E-state index in [1.54, 1.807) is 19.1 Å². The van der Waals surface area contributed by atoms with Gasteiger partial charge in [-0.3, -0.25) is 0 Å². The number of rotatable bonds is 6. The Kier molecular flexibility index (Phi) is 5.39. The Morgan fingerprint density at radius 3 is 2.67 bits per heavy atom. The number of nitrogens with zero attached hydrogens (tertiary/aromatic N) is 2. The predicted molar refractivity (Wildman–Crippen MR) is 94.1 cm³/mol. The van der Waals surface area contributed by atoms with Crippen molar-refractivity contribution in [3.8, 4) is 17.0 Å². The molecule has 0 unspecified atom stereocenters. The molecule has 0 radical (unpaired) electrons. The van der Waals surface area contributed by atoms with Crippen molar-refractivity contribution in [2.45, 2.75) is 39.7 Å². The van der Waals surface area contributed by atoms with Gasteiger partial charge in [-0.2, -0.15) is 0 Å². The van der Waals surface area contributed by atoms with Gasteiger partial charge < -0.3 is 16.2 Å². The second-order valence-corrected chi connectivity index (χ2v) is 6.91. The van der Waals surface area contributed by atoms with Crippen molar-refractivity contribution in [1.82, 2.24) is 9.97 Å². The van der Waals surface area contributed by atoms with E-state index in [1.807, 2.05) is 6.92 Å². The van der Waals surface area contributed by atoms with E-state index in [-0.39, 0.29) is 5.69 Å². The zero-order chi connectivity index (χ0) is 17.9. The van der Waals surface area contributed by atoms with Crippen molar-refractivity contribution >= 4 is 5.82 Å². The first-order valence-corrected chi connectivity index (χ1v) is 7.98. The number of pyridine rings is 2. The first kappa shape index (κ1) is 18.1. The molecule has 2 rings (SSSR count).